The summed E-state index contributed by atoms with van der Waals surface area (Å²) < 4.78 is 8.34. The number of phenols is 1. The van der Waals surface area contributed by atoms with E-state index in [9.17, 15) is 9.90 Å². The largest absolute Gasteiger partial charge is 0.507 e. The van der Waals surface area contributed by atoms with Crippen molar-refractivity contribution >= 4 is 75.8 Å². The highest BCUT2D eigenvalue weighted by molar-refractivity contribution is 9.11. The molecule has 0 bridgehead atoms. The van der Waals surface area contributed by atoms with Gasteiger partial charge in [-0.05, 0) is 83.7 Å². The molecule has 0 saturated carbocycles. The second-order valence-electron chi connectivity index (χ2n) is 4.49. The predicted molar refractivity (Wildman–Crippen MR) is 107 cm³/mol. The smallest absolute Gasteiger partial charge is 0.277 e. The van der Waals surface area contributed by atoms with Gasteiger partial charge in [0.15, 0.2) is 6.61 Å². The Bertz CT molecular complexity index is 773. The summed E-state index contributed by atoms with van der Waals surface area (Å²) in [6.07, 6.45) is 1.47. The fraction of sp³-hybridized carbons (Fsp3) is 0.0667. The number of aromatic hydroxyl groups is 1. The van der Waals surface area contributed by atoms with E-state index in [2.05, 4.69) is 74.2 Å². The first-order valence-corrected chi connectivity index (χ1v) is 9.62. The third-order valence-electron chi connectivity index (χ3n) is 2.69. The summed E-state index contributed by atoms with van der Waals surface area (Å²) in [5.74, 6) is 0.265. The molecule has 1 amide bonds. The van der Waals surface area contributed by atoms with E-state index in [4.69, 9.17) is 4.74 Å². The Balaban J connectivity index is 1.90. The highest BCUT2D eigenvalue weighted by atomic mass is 79.9. The molecule has 9 heteroatoms. The van der Waals surface area contributed by atoms with E-state index in [1.54, 1.807) is 12.1 Å². The molecule has 2 aromatic carbocycles. The quantitative estimate of drug-likeness (QED) is 0.385. The molecule has 5 nitrogen and oxygen atoms in total. The average molecular weight is 586 g/mol. The van der Waals surface area contributed by atoms with Crippen LogP contribution in [-0.4, -0.2) is 23.8 Å². The van der Waals surface area contributed by atoms with Crippen LogP contribution in [0.15, 0.2) is 53.3 Å². The maximum absolute atomic E-state index is 11.8. The number of nitrogens with one attached hydrogen (secondary N) is 1. The van der Waals surface area contributed by atoms with E-state index < -0.39 is 5.91 Å². The second kappa shape index (κ2) is 8.98. The molecule has 0 spiro atoms. The second-order valence-corrected chi connectivity index (χ2v) is 7.97. The lowest BCUT2D eigenvalue weighted by Gasteiger charge is -2.09. The fourth-order valence-corrected chi connectivity index (χ4v) is 4.50. The molecule has 0 unspecified atom stereocenters. The normalized spacial score (nSPS) is 10.8. The maximum Gasteiger partial charge on any atom is 0.277 e. The van der Waals surface area contributed by atoms with Crippen LogP contribution in [0.25, 0.3) is 0 Å². The molecule has 0 heterocycles. The van der Waals surface area contributed by atoms with Gasteiger partial charge in [-0.25, -0.2) is 5.43 Å². The van der Waals surface area contributed by atoms with Crippen LogP contribution in [0.3, 0.4) is 0 Å². The van der Waals surface area contributed by atoms with Crippen LogP contribution in [0.4, 0.5) is 0 Å². The minimum Gasteiger partial charge on any atom is -0.507 e. The minimum atomic E-state index is -0.397. The first-order chi connectivity index (χ1) is 11.4. The van der Waals surface area contributed by atoms with E-state index >= 15 is 0 Å². The molecule has 2 aromatic rings. The number of benzene rings is 2. The lowest BCUT2D eigenvalue weighted by Crippen LogP contribution is -2.24. The Kier molecular flexibility index (Phi) is 7.27. The van der Waals surface area contributed by atoms with Gasteiger partial charge in [-0.3, -0.25) is 4.79 Å². The molecule has 0 atom stereocenters. The van der Waals surface area contributed by atoms with Crippen molar-refractivity contribution in [2.75, 3.05) is 6.61 Å². The van der Waals surface area contributed by atoms with Gasteiger partial charge in [-0.1, -0.05) is 15.9 Å². The van der Waals surface area contributed by atoms with Crippen molar-refractivity contribution in [2.24, 2.45) is 5.10 Å². The van der Waals surface area contributed by atoms with E-state index in [1.165, 1.54) is 12.3 Å². The van der Waals surface area contributed by atoms with Crippen molar-refractivity contribution in [1.82, 2.24) is 5.43 Å². The fourth-order valence-electron chi connectivity index (χ4n) is 1.62. The predicted octanol–water partition coefficient (Wildman–Crippen LogP) is 4.97. The molecule has 126 valence electrons. The van der Waals surface area contributed by atoms with Gasteiger partial charge < -0.3 is 9.84 Å². The molecule has 0 aliphatic heterocycles. The first-order valence-electron chi connectivity index (χ1n) is 6.44. The number of phenolic OH excluding ortho intramolecular Hbond substituents is 1. The Morgan fingerprint density at radius 1 is 1.12 bits per heavy atom. The van der Waals surface area contributed by atoms with Gasteiger partial charge in [0.05, 0.1) is 19.6 Å². The molecule has 2 N–H and O–H groups in total. The molecule has 2 rings (SSSR count). The van der Waals surface area contributed by atoms with E-state index in [1.807, 2.05) is 12.1 Å². The number of carbonyl (C=O) groups excluding carboxylic acids is 1. The SMILES string of the molecule is O=C(COc1c(Br)cc(Br)cc1Br)NN=Cc1ccc(O)c(Br)c1. The Labute approximate surface area is 172 Å². The van der Waals surface area contributed by atoms with Crippen molar-refractivity contribution in [3.05, 3.63) is 53.8 Å². The van der Waals surface area contributed by atoms with Crippen LogP contribution in [0.1, 0.15) is 5.56 Å². The van der Waals surface area contributed by atoms with Gasteiger partial charge >= 0.3 is 0 Å². The van der Waals surface area contributed by atoms with Crippen LogP contribution in [0, 0.1) is 0 Å². The molecule has 0 fully saturated rings. The van der Waals surface area contributed by atoms with Gasteiger partial charge in [0.2, 0.25) is 0 Å². The highest BCUT2D eigenvalue weighted by Gasteiger charge is 2.10. The number of nitrogens with zero attached hydrogens (tertiary/aromatic N) is 1. The standard InChI is InChI=1S/C15H10Br4N2O3/c16-9-4-11(18)15(12(19)5-9)24-7-14(23)21-20-6-8-1-2-13(22)10(17)3-8/h1-6,22H,7H2,(H,21,23). The molecule has 0 aromatic heterocycles. The molecule has 0 radical (unpaired) electrons. The number of hydrogen-bond acceptors (Lipinski definition) is 4. The number of carbonyl (C=O) groups is 1. The van der Waals surface area contributed by atoms with E-state index in [0.717, 1.165) is 10.0 Å². The van der Waals surface area contributed by atoms with Gasteiger partial charge in [-0.15, -0.1) is 0 Å². The minimum absolute atomic E-state index is 0.134. The summed E-state index contributed by atoms with van der Waals surface area (Å²) in [4.78, 5) is 11.8. The van der Waals surface area contributed by atoms with Crippen molar-refractivity contribution in [3.63, 3.8) is 0 Å². The molecule has 0 aliphatic carbocycles. The van der Waals surface area contributed by atoms with Gasteiger partial charge in [-0.2, -0.15) is 5.10 Å². The lowest BCUT2D eigenvalue weighted by molar-refractivity contribution is -0.123. The third-order valence-corrected chi connectivity index (χ3v) is 4.96. The van der Waals surface area contributed by atoms with E-state index in [-0.39, 0.29) is 12.4 Å². The summed E-state index contributed by atoms with van der Waals surface area (Å²) in [6.45, 7) is -0.185. The molecular formula is C15H10Br4N2O3. The zero-order valence-corrected chi connectivity index (χ0v) is 18.2. The van der Waals surface area contributed by atoms with Crippen LogP contribution in [0.2, 0.25) is 0 Å². The van der Waals surface area contributed by atoms with Crippen molar-refractivity contribution in [2.45, 2.75) is 0 Å². The summed E-state index contributed by atoms with van der Waals surface area (Å²) in [5.41, 5.74) is 3.10. The van der Waals surface area contributed by atoms with Crippen LogP contribution < -0.4 is 10.2 Å². The zero-order valence-electron chi connectivity index (χ0n) is 11.9. The van der Waals surface area contributed by atoms with Crippen molar-refractivity contribution in [3.8, 4) is 11.5 Å². The van der Waals surface area contributed by atoms with E-state index in [0.29, 0.717) is 19.2 Å². The van der Waals surface area contributed by atoms with Gasteiger partial charge in [0.25, 0.3) is 5.91 Å². The van der Waals surface area contributed by atoms with Gasteiger partial charge in [0.1, 0.15) is 11.5 Å². The summed E-state index contributed by atoms with van der Waals surface area (Å²) in [6, 6.07) is 8.51. The van der Waals surface area contributed by atoms with Crippen molar-refractivity contribution < 1.29 is 14.6 Å². The highest BCUT2D eigenvalue weighted by Crippen LogP contribution is 2.36. The molecule has 0 saturated heterocycles. The maximum atomic E-state index is 11.8. The Morgan fingerprint density at radius 2 is 1.79 bits per heavy atom. The number of ether oxygens (including phenoxy) is 1. The molecular weight excluding hydrogens is 576 g/mol. The molecule has 0 aliphatic rings. The number of hydrazone groups is 1. The lowest BCUT2D eigenvalue weighted by atomic mass is 10.2. The van der Waals surface area contributed by atoms with Crippen LogP contribution in [0.5, 0.6) is 11.5 Å². The Hall–Kier alpha value is -0.900. The first kappa shape index (κ1) is 19.4. The summed E-state index contributed by atoms with van der Waals surface area (Å²) in [5, 5.41) is 13.3. The van der Waals surface area contributed by atoms with Gasteiger partial charge in [0, 0.05) is 4.47 Å². The number of amides is 1. The van der Waals surface area contributed by atoms with Crippen molar-refractivity contribution in [1.29, 1.82) is 0 Å². The third kappa shape index (κ3) is 5.58. The number of rotatable bonds is 5. The average Bonchev–Trinajstić information content (AvgIpc) is 2.49. The monoisotopic (exact) mass is 582 g/mol. The van der Waals surface area contributed by atoms with Crippen LogP contribution in [-0.2, 0) is 4.79 Å². The zero-order chi connectivity index (χ0) is 17.7. The summed E-state index contributed by atoms with van der Waals surface area (Å²) >= 11 is 13.3. The number of halogens is 4. The summed E-state index contributed by atoms with van der Waals surface area (Å²) in [7, 11) is 0. The molecule has 24 heavy (non-hydrogen) atoms. The topological polar surface area (TPSA) is 70.9 Å². The van der Waals surface area contributed by atoms with Crippen LogP contribution >= 0.6 is 63.7 Å². The Morgan fingerprint density at radius 3 is 2.42 bits per heavy atom. The number of hydrogen-bond donors (Lipinski definition) is 2.